The molecule has 2 N–H and O–H groups in total. The van der Waals surface area contributed by atoms with Crippen LogP contribution >= 0.6 is 0 Å². The van der Waals surface area contributed by atoms with E-state index in [0.717, 1.165) is 0 Å². The number of nitrogens with zero attached hydrogens (tertiary/aromatic N) is 3. The van der Waals surface area contributed by atoms with Crippen LogP contribution in [0.4, 0.5) is 19.0 Å². The van der Waals surface area contributed by atoms with Gasteiger partial charge in [-0.1, -0.05) is 0 Å². The van der Waals surface area contributed by atoms with Crippen molar-refractivity contribution in [1.82, 2.24) is 20.5 Å². The second-order valence-corrected chi connectivity index (χ2v) is 8.60. The Bertz CT molecular complexity index is 1150. The van der Waals surface area contributed by atoms with Crippen LogP contribution in [-0.2, 0) is 5.41 Å². The van der Waals surface area contributed by atoms with Crippen LogP contribution in [-0.4, -0.2) is 39.8 Å². The predicted octanol–water partition coefficient (Wildman–Crippen LogP) is 4.44. The van der Waals surface area contributed by atoms with Gasteiger partial charge in [0.2, 0.25) is 0 Å². The fourth-order valence-corrected chi connectivity index (χ4v) is 4.02. The number of anilines is 1. The summed E-state index contributed by atoms with van der Waals surface area (Å²) in [5, 5.41) is 14.0. The van der Waals surface area contributed by atoms with Gasteiger partial charge in [-0.05, 0) is 69.2 Å². The van der Waals surface area contributed by atoms with Gasteiger partial charge in [0.15, 0.2) is 0 Å². The lowest BCUT2D eigenvalue weighted by atomic mass is 9.65. The molecule has 0 spiro atoms. The molecule has 0 atom stereocenters. The first-order valence-electron chi connectivity index (χ1n) is 10.7. The smallest absolute Gasteiger partial charge is 0.251 e. The maximum Gasteiger partial charge on any atom is 0.251 e. The largest absolute Gasteiger partial charge is 0.368 e. The molecule has 2 aromatic heterocycles. The Morgan fingerprint density at radius 1 is 1.12 bits per heavy atom. The topological polar surface area (TPSA) is 79.8 Å². The molecule has 172 valence electrons. The van der Waals surface area contributed by atoms with E-state index in [1.165, 1.54) is 36.5 Å². The van der Waals surface area contributed by atoms with E-state index in [4.69, 9.17) is 0 Å². The van der Waals surface area contributed by atoms with Gasteiger partial charge in [-0.15, -0.1) is 10.2 Å². The van der Waals surface area contributed by atoms with Crippen LogP contribution in [0.2, 0.25) is 0 Å². The molecule has 3 aromatic rings. The van der Waals surface area contributed by atoms with Gasteiger partial charge >= 0.3 is 0 Å². The highest BCUT2D eigenvalue weighted by Gasteiger charge is 2.48. The van der Waals surface area contributed by atoms with Gasteiger partial charge in [0.25, 0.3) is 5.91 Å². The predicted molar refractivity (Wildman–Crippen MR) is 119 cm³/mol. The number of halogens is 3. The van der Waals surface area contributed by atoms with E-state index in [-0.39, 0.29) is 48.3 Å². The highest BCUT2D eigenvalue weighted by Crippen LogP contribution is 2.45. The van der Waals surface area contributed by atoms with E-state index in [9.17, 15) is 18.0 Å². The quantitative estimate of drug-likeness (QED) is 0.551. The minimum atomic E-state index is -1.01. The second-order valence-electron chi connectivity index (χ2n) is 8.60. The number of aromatic nitrogens is 3. The van der Waals surface area contributed by atoms with Crippen molar-refractivity contribution >= 4 is 11.7 Å². The van der Waals surface area contributed by atoms with Crippen molar-refractivity contribution in [2.75, 3.05) is 11.9 Å². The van der Waals surface area contributed by atoms with Crippen molar-refractivity contribution in [1.29, 1.82) is 0 Å². The van der Waals surface area contributed by atoms with Crippen molar-refractivity contribution in [3.8, 4) is 11.3 Å². The molecule has 0 saturated heterocycles. The van der Waals surface area contributed by atoms with Crippen molar-refractivity contribution < 1.29 is 18.0 Å². The number of amides is 1. The van der Waals surface area contributed by atoms with E-state index in [1.807, 2.05) is 13.8 Å². The molecule has 1 aromatic carbocycles. The molecule has 1 aliphatic carbocycles. The average molecular weight is 455 g/mol. The summed E-state index contributed by atoms with van der Waals surface area (Å²) in [6.45, 7) is 3.90. The lowest BCUT2D eigenvalue weighted by Crippen LogP contribution is -2.49. The van der Waals surface area contributed by atoms with E-state index in [1.54, 1.807) is 12.1 Å². The normalized spacial score (nSPS) is 19.8. The Labute approximate surface area is 189 Å². The van der Waals surface area contributed by atoms with Crippen LogP contribution in [0.5, 0.6) is 0 Å². The number of carbonyl (C=O) groups excluding carboxylic acids is 1. The van der Waals surface area contributed by atoms with Crippen LogP contribution in [0.25, 0.3) is 11.3 Å². The molecule has 1 aliphatic rings. The molecule has 0 bridgehead atoms. The minimum absolute atomic E-state index is 0.0534. The van der Waals surface area contributed by atoms with Crippen LogP contribution in [0.15, 0.2) is 48.7 Å². The summed E-state index contributed by atoms with van der Waals surface area (Å²) in [6.07, 6.45) is 0.806. The summed E-state index contributed by atoms with van der Waals surface area (Å²) in [7, 11) is 0. The fraction of sp³-hybridized carbons (Fsp3) is 0.333. The number of alkyl halides is 1. The number of rotatable bonds is 7. The van der Waals surface area contributed by atoms with Gasteiger partial charge < -0.3 is 10.6 Å². The summed E-state index contributed by atoms with van der Waals surface area (Å²) >= 11 is 0. The maximum absolute atomic E-state index is 14.4. The summed E-state index contributed by atoms with van der Waals surface area (Å²) in [6, 6.07) is 9.99. The standard InChI is InChI=1S/C24H24F3N5O/c1-14(2)30-23(33)15-5-6-18(26)17(10-15)20-7-8-21(32-31-20)29-13-24(11-16(25)12-24)22-19(27)4-3-9-28-22/h3-10,14,16H,11-13H2,1-2H3,(H,29,32)(H,30,33)/t16-,24-. The van der Waals surface area contributed by atoms with E-state index in [2.05, 4.69) is 25.8 Å². The molecule has 1 amide bonds. The monoisotopic (exact) mass is 455 g/mol. The van der Waals surface area contributed by atoms with Crippen LogP contribution < -0.4 is 10.6 Å². The molecular formula is C24H24F3N5O. The van der Waals surface area contributed by atoms with E-state index in [0.29, 0.717) is 11.4 Å². The zero-order valence-electron chi connectivity index (χ0n) is 18.3. The van der Waals surface area contributed by atoms with E-state index < -0.39 is 23.2 Å². The Balaban J connectivity index is 1.50. The van der Waals surface area contributed by atoms with E-state index >= 15 is 0 Å². The molecule has 1 fully saturated rings. The molecule has 0 radical (unpaired) electrons. The third-order valence-electron chi connectivity index (χ3n) is 5.68. The zero-order chi connectivity index (χ0) is 23.6. The van der Waals surface area contributed by atoms with Crippen molar-refractivity contribution in [2.24, 2.45) is 0 Å². The first-order chi connectivity index (χ1) is 15.8. The first kappa shape index (κ1) is 22.7. The Morgan fingerprint density at radius 3 is 2.55 bits per heavy atom. The molecule has 0 unspecified atom stereocenters. The number of carbonyl (C=O) groups is 1. The van der Waals surface area contributed by atoms with Crippen LogP contribution in [0.1, 0.15) is 42.7 Å². The van der Waals surface area contributed by atoms with Gasteiger partial charge in [0, 0.05) is 35.3 Å². The highest BCUT2D eigenvalue weighted by molar-refractivity contribution is 5.95. The van der Waals surface area contributed by atoms with Gasteiger partial charge in [0.05, 0.1) is 11.4 Å². The van der Waals surface area contributed by atoms with Gasteiger partial charge in [0.1, 0.15) is 23.6 Å². The molecule has 33 heavy (non-hydrogen) atoms. The first-order valence-corrected chi connectivity index (χ1v) is 10.7. The third-order valence-corrected chi connectivity index (χ3v) is 5.68. The molecule has 9 heteroatoms. The number of pyridine rings is 1. The van der Waals surface area contributed by atoms with Gasteiger partial charge in [-0.3, -0.25) is 9.78 Å². The Kier molecular flexibility index (Phi) is 6.31. The van der Waals surface area contributed by atoms with Gasteiger partial charge in [-0.25, -0.2) is 13.2 Å². The lowest BCUT2D eigenvalue weighted by Gasteiger charge is -2.44. The average Bonchev–Trinajstić information content (AvgIpc) is 2.76. The van der Waals surface area contributed by atoms with Gasteiger partial charge in [-0.2, -0.15) is 0 Å². The molecule has 1 saturated carbocycles. The number of hydrogen-bond acceptors (Lipinski definition) is 5. The fourth-order valence-electron chi connectivity index (χ4n) is 4.02. The summed E-state index contributed by atoms with van der Waals surface area (Å²) in [4.78, 5) is 16.4. The third kappa shape index (κ3) is 4.81. The summed E-state index contributed by atoms with van der Waals surface area (Å²) < 4.78 is 42.4. The highest BCUT2D eigenvalue weighted by atomic mass is 19.1. The van der Waals surface area contributed by atoms with Crippen LogP contribution in [0, 0.1) is 11.6 Å². The molecule has 4 rings (SSSR count). The van der Waals surface area contributed by atoms with Crippen molar-refractivity contribution in [3.63, 3.8) is 0 Å². The summed E-state index contributed by atoms with van der Waals surface area (Å²) in [5.41, 5.74) is 0.186. The van der Waals surface area contributed by atoms with Crippen molar-refractivity contribution in [3.05, 3.63) is 71.6 Å². The van der Waals surface area contributed by atoms with Crippen molar-refractivity contribution in [2.45, 2.75) is 44.3 Å². The molecule has 0 aliphatic heterocycles. The lowest BCUT2D eigenvalue weighted by molar-refractivity contribution is 0.0942. The zero-order valence-corrected chi connectivity index (χ0v) is 18.3. The number of nitrogens with one attached hydrogen (secondary N) is 2. The van der Waals surface area contributed by atoms with Crippen LogP contribution in [0.3, 0.4) is 0 Å². The second kappa shape index (κ2) is 9.17. The number of hydrogen-bond donors (Lipinski definition) is 2. The minimum Gasteiger partial charge on any atom is -0.368 e. The number of benzene rings is 1. The molecule has 6 nitrogen and oxygen atoms in total. The Hall–Kier alpha value is -3.49. The SMILES string of the molecule is CC(C)NC(=O)c1ccc(F)c(-c2ccc(NC[C@]3(c4ncccc4F)C[C@H](F)C3)nn2)c1. The summed E-state index contributed by atoms with van der Waals surface area (Å²) in [5.74, 6) is -0.925. The maximum atomic E-state index is 14.4. The molecule has 2 heterocycles. The molecular weight excluding hydrogens is 431 g/mol. The Morgan fingerprint density at radius 2 is 1.91 bits per heavy atom.